The molecule has 0 aliphatic carbocycles. The largest absolute Gasteiger partial charge is 0.391 e. The Morgan fingerprint density at radius 1 is 1.27 bits per heavy atom. The van der Waals surface area contributed by atoms with Gasteiger partial charge in [-0.2, -0.15) is 0 Å². The minimum Gasteiger partial charge on any atom is -0.391 e. The van der Waals surface area contributed by atoms with Gasteiger partial charge in [0.1, 0.15) is 0 Å². The van der Waals surface area contributed by atoms with Crippen molar-refractivity contribution in [2.24, 2.45) is 5.92 Å². The molecule has 0 spiro atoms. The number of hydrogen-bond acceptors (Lipinski definition) is 3. The van der Waals surface area contributed by atoms with Crippen LogP contribution in [0.3, 0.4) is 0 Å². The molecule has 0 aromatic carbocycles. The Kier molecular flexibility index (Phi) is 2.11. The molecule has 2 rings (SSSR count). The molecular weight excluding hydrogens is 140 g/mol. The van der Waals surface area contributed by atoms with Crippen LogP contribution in [0.2, 0.25) is 0 Å². The number of β-amino-alcohol motifs (C(OH)–C–C–N with tert-alkyl or cyclic N) is 1. The maximum atomic E-state index is 9.55. The number of aliphatic hydroxyl groups excluding tert-OH is 1. The first kappa shape index (κ1) is 7.53. The standard InChI is InChI=1S/C8H16N2O/c11-8-5-9-4-6(8)7-2-1-3-10-7/h6-11H,1-5H2. The molecule has 2 aliphatic heterocycles. The monoisotopic (exact) mass is 156 g/mol. The maximum Gasteiger partial charge on any atom is 0.0719 e. The van der Waals surface area contributed by atoms with Crippen LogP contribution in [0, 0.1) is 5.92 Å². The average Bonchev–Trinajstić information content (AvgIpc) is 2.55. The summed E-state index contributed by atoms with van der Waals surface area (Å²) >= 11 is 0. The molecule has 64 valence electrons. The van der Waals surface area contributed by atoms with Crippen LogP contribution in [0.15, 0.2) is 0 Å². The van der Waals surface area contributed by atoms with Crippen LogP contribution < -0.4 is 10.6 Å². The lowest BCUT2D eigenvalue weighted by atomic mass is 9.95. The topological polar surface area (TPSA) is 44.3 Å². The van der Waals surface area contributed by atoms with Gasteiger partial charge < -0.3 is 15.7 Å². The third-order valence-corrected chi connectivity index (χ3v) is 2.84. The molecule has 2 aliphatic rings. The summed E-state index contributed by atoms with van der Waals surface area (Å²) in [6.07, 6.45) is 2.39. The van der Waals surface area contributed by atoms with E-state index in [0.29, 0.717) is 12.0 Å². The SMILES string of the molecule is OC1CNCC1C1CCCN1. The summed E-state index contributed by atoms with van der Waals surface area (Å²) in [5, 5.41) is 16.2. The fourth-order valence-corrected chi connectivity index (χ4v) is 2.17. The van der Waals surface area contributed by atoms with Crippen molar-refractivity contribution in [3.05, 3.63) is 0 Å². The van der Waals surface area contributed by atoms with Gasteiger partial charge in [-0.25, -0.2) is 0 Å². The van der Waals surface area contributed by atoms with Crippen LogP contribution in [0.25, 0.3) is 0 Å². The number of aliphatic hydroxyl groups is 1. The minimum atomic E-state index is -0.120. The summed E-state index contributed by atoms with van der Waals surface area (Å²) in [7, 11) is 0. The molecule has 3 nitrogen and oxygen atoms in total. The van der Waals surface area contributed by atoms with E-state index in [1.54, 1.807) is 0 Å². The van der Waals surface area contributed by atoms with Gasteiger partial charge in [-0.05, 0) is 19.4 Å². The first-order valence-electron chi connectivity index (χ1n) is 4.50. The highest BCUT2D eigenvalue weighted by Gasteiger charge is 2.33. The third kappa shape index (κ3) is 1.41. The highest BCUT2D eigenvalue weighted by atomic mass is 16.3. The molecule has 0 saturated carbocycles. The van der Waals surface area contributed by atoms with Crippen LogP contribution in [0.4, 0.5) is 0 Å². The third-order valence-electron chi connectivity index (χ3n) is 2.84. The Morgan fingerprint density at radius 3 is 2.73 bits per heavy atom. The van der Waals surface area contributed by atoms with E-state index in [4.69, 9.17) is 0 Å². The van der Waals surface area contributed by atoms with Crippen LogP contribution in [0.1, 0.15) is 12.8 Å². The molecule has 3 atom stereocenters. The number of rotatable bonds is 1. The molecule has 0 aromatic heterocycles. The van der Waals surface area contributed by atoms with Crippen molar-refractivity contribution in [1.29, 1.82) is 0 Å². The highest BCUT2D eigenvalue weighted by molar-refractivity contribution is 4.91. The zero-order chi connectivity index (χ0) is 7.68. The lowest BCUT2D eigenvalue weighted by Crippen LogP contribution is -2.37. The molecule has 2 heterocycles. The molecule has 3 N–H and O–H groups in total. The second-order valence-electron chi connectivity index (χ2n) is 3.59. The molecule has 0 radical (unpaired) electrons. The van der Waals surface area contributed by atoms with Crippen LogP contribution in [-0.2, 0) is 0 Å². The summed E-state index contributed by atoms with van der Waals surface area (Å²) in [5.41, 5.74) is 0. The van der Waals surface area contributed by atoms with Gasteiger partial charge in [-0.3, -0.25) is 0 Å². The van der Waals surface area contributed by atoms with Crippen molar-refractivity contribution in [2.75, 3.05) is 19.6 Å². The predicted molar refractivity (Wildman–Crippen MR) is 43.4 cm³/mol. The van der Waals surface area contributed by atoms with Gasteiger partial charge in [-0.15, -0.1) is 0 Å². The summed E-state index contributed by atoms with van der Waals surface area (Å²) in [5.74, 6) is 0.456. The average molecular weight is 156 g/mol. The second-order valence-corrected chi connectivity index (χ2v) is 3.59. The zero-order valence-electron chi connectivity index (χ0n) is 6.71. The van der Waals surface area contributed by atoms with E-state index in [1.165, 1.54) is 12.8 Å². The second kappa shape index (κ2) is 3.09. The molecule has 3 unspecified atom stereocenters. The molecule has 2 saturated heterocycles. The minimum absolute atomic E-state index is 0.120. The highest BCUT2D eigenvalue weighted by Crippen LogP contribution is 2.20. The summed E-state index contributed by atoms with van der Waals surface area (Å²) in [6, 6.07) is 0.569. The van der Waals surface area contributed by atoms with Crippen LogP contribution >= 0.6 is 0 Å². The summed E-state index contributed by atoms with van der Waals surface area (Å²) < 4.78 is 0. The smallest absolute Gasteiger partial charge is 0.0719 e. The van der Waals surface area contributed by atoms with E-state index >= 15 is 0 Å². The van der Waals surface area contributed by atoms with Crippen LogP contribution in [0.5, 0.6) is 0 Å². The first-order chi connectivity index (χ1) is 5.38. The summed E-state index contributed by atoms with van der Waals surface area (Å²) in [6.45, 7) is 2.90. The normalized spacial score (nSPS) is 45.0. The van der Waals surface area contributed by atoms with Gasteiger partial charge >= 0.3 is 0 Å². The lowest BCUT2D eigenvalue weighted by molar-refractivity contribution is 0.129. The maximum absolute atomic E-state index is 9.55. The molecule has 11 heavy (non-hydrogen) atoms. The van der Waals surface area contributed by atoms with Gasteiger partial charge in [0.15, 0.2) is 0 Å². The fourth-order valence-electron chi connectivity index (χ4n) is 2.17. The van der Waals surface area contributed by atoms with E-state index in [0.717, 1.165) is 19.6 Å². The Morgan fingerprint density at radius 2 is 2.18 bits per heavy atom. The van der Waals surface area contributed by atoms with E-state index < -0.39 is 0 Å². The number of nitrogens with one attached hydrogen (secondary N) is 2. The van der Waals surface area contributed by atoms with Crippen molar-refractivity contribution >= 4 is 0 Å². The predicted octanol–water partition coefficient (Wildman–Crippen LogP) is -0.681. The van der Waals surface area contributed by atoms with Gasteiger partial charge in [0, 0.05) is 25.0 Å². The van der Waals surface area contributed by atoms with E-state index in [1.807, 2.05) is 0 Å². The Balaban J connectivity index is 1.92. The van der Waals surface area contributed by atoms with Crippen LogP contribution in [-0.4, -0.2) is 36.9 Å². The Hall–Kier alpha value is -0.120. The molecule has 2 fully saturated rings. The van der Waals surface area contributed by atoms with Gasteiger partial charge in [0.25, 0.3) is 0 Å². The molecular formula is C8H16N2O. The van der Waals surface area contributed by atoms with E-state index in [2.05, 4.69) is 10.6 Å². The Labute approximate surface area is 67.2 Å². The van der Waals surface area contributed by atoms with Crippen molar-refractivity contribution in [2.45, 2.75) is 25.0 Å². The van der Waals surface area contributed by atoms with Crippen molar-refractivity contribution < 1.29 is 5.11 Å². The van der Waals surface area contributed by atoms with Gasteiger partial charge in [0.05, 0.1) is 6.10 Å². The molecule has 3 heteroatoms. The lowest BCUT2D eigenvalue weighted by Gasteiger charge is -2.20. The summed E-state index contributed by atoms with van der Waals surface area (Å²) in [4.78, 5) is 0. The molecule has 0 bridgehead atoms. The van der Waals surface area contributed by atoms with Crippen molar-refractivity contribution in [1.82, 2.24) is 10.6 Å². The van der Waals surface area contributed by atoms with Gasteiger partial charge in [-0.1, -0.05) is 0 Å². The Bertz CT molecular complexity index is 134. The van der Waals surface area contributed by atoms with E-state index in [9.17, 15) is 5.11 Å². The zero-order valence-corrected chi connectivity index (χ0v) is 6.71. The van der Waals surface area contributed by atoms with Gasteiger partial charge in [0.2, 0.25) is 0 Å². The molecule has 0 aromatic rings. The van der Waals surface area contributed by atoms with Crippen molar-refractivity contribution in [3.8, 4) is 0 Å². The van der Waals surface area contributed by atoms with E-state index in [-0.39, 0.29) is 6.10 Å². The fraction of sp³-hybridized carbons (Fsp3) is 1.00. The first-order valence-corrected chi connectivity index (χ1v) is 4.50. The van der Waals surface area contributed by atoms with Crippen molar-refractivity contribution in [3.63, 3.8) is 0 Å². The molecule has 0 amide bonds. The number of hydrogen-bond donors (Lipinski definition) is 3. The quantitative estimate of drug-likeness (QED) is 0.471.